The second-order valence-corrected chi connectivity index (χ2v) is 11.1. The van der Waals surface area contributed by atoms with Crippen LogP contribution in [0.4, 0.5) is 0 Å². The first-order chi connectivity index (χ1) is 14.8. The van der Waals surface area contributed by atoms with E-state index >= 15 is 0 Å². The molecule has 0 atom stereocenters. The maximum absolute atomic E-state index is 13.8. The fraction of sp³-hybridized carbons (Fsp3) is 0.630. The van der Waals surface area contributed by atoms with E-state index in [1.54, 1.807) is 0 Å². The maximum atomic E-state index is 13.8. The summed E-state index contributed by atoms with van der Waals surface area (Å²) in [7, 11) is 0. The van der Waals surface area contributed by atoms with E-state index in [2.05, 4.69) is 12.1 Å². The number of carbonyl (C=O) groups excluding carboxylic acids is 2. The van der Waals surface area contributed by atoms with Crippen molar-refractivity contribution in [1.29, 1.82) is 0 Å². The molecule has 0 bridgehead atoms. The van der Waals surface area contributed by atoms with E-state index in [1.807, 2.05) is 55.4 Å². The van der Waals surface area contributed by atoms with Gasteiger partial charge in [0.1, 0.15) is 11.3 Å². The Balaban J connectivity index is 2.04. The second-order valence-electron chi connectivity index (χ2n) is 11.1. The largest absolute Gasteiger partial charge is 0.427 e. The molecule has 32 heavy (non-hydrogen) atoms. The number of aryl methyl sites for hydroxylation is 3. The van der Waals surface area contributed by atoms with Gasteiger partial charge in [-0.25, -0.2) is 5.06 Å². The normalized spacial score (nSPS) is 19.6. The number of hydroxylamine groups is 2. The molecule has 5 nitrogen and oxygen atoms in total. The van der Waals surface area contributed by atoms with Gasteiger partial charge in [-0.1, -0.05) is 37.0 Å². The lowest BCUT2D eigenvalue weighted by molar-refractivity contribution is -0.211. The minimum absolute atomic E-state index is 0.238. The Kier molecular flexibility index (Phi) is 6.90. The molecule has 0 radical (unpaired) electrons. The van der Waals surface area contributed by atoms with Crippen molar-refractivity contribution in [2.24, 2.45) is 11.3 Å². The van der Waals surface area contributed by atoms with Crippen molar-refractivity contribution in [2.45, 2.75) is 93.0 Å². The summed E-state index contributed by atoms with van der Waals surface area (Å²) in [5.41, 5.74) is 2.78. The smallest absolute Gasteiger partial charge is 0.316 e. The zero-order valence-electron chi connectivity index (χ0n) is 21.1. The van der Waals surface area contributed by atoms with E-state index in [-0.39, 0.29) is 11.9 Å². The lowest BCUT2D eigenvalue weighted by Crippen LogP contribution is -2.45. The molecule has 3 rings (SSSR count). The lowest BCUT2D eigenvalue weighted by Gasteiger charge is -2.34. The number of esters is 1. The minimum atomic E-state index is -0.897. The van der Waals surface area contributed by atoms with Crippen LogP contribution in [0.3, 0.4) is 0 Å². The molecule has 1 heterocycles. The molecule has 0 saturated heterocycles. The summed E-state index contributed by atoms with van der Waals surface area (Å²) >= 11 is 0. The summed E-state index contributed by atoms with van der Waals surface area (Å²) in [5, 5.41) is 1.45. The summed E-state index contributed by atoms with van der Waals surface area (Å²) in [6.45, 7) is 15.8. The summed E-state index contributed by atoms with van der Waals surface area (Å²) < 4.78 is 5.99. The van der Waals surface area contributed by atoms with Crippen molar-refractivity contribution in [3.63, 3.8) is 0 Å². The number of benzene rings is 1. The van der Waals surface area contributed by atoms with Crippen LogP contribution < -0.4 is 0 Å². The first-order valence-electron chi connectivity index (χ1n) is 11.9. The highest BCUT2D eigenvalue weighted by Crippen LogP contribution is 2.44. The lowest BCUT2D eigenvalue weighted by atomic mass is 9.90. The SMILES string of the molecule is Cc1cc(C)c(C2=C(OC(=O)C(C)(C)C)C(C)(C)N(OCC3CCCCC3)C2=O)c(C)c1. The molecule has 1 saturated carbocycles. The van der Waals surface area contributed by atoms with Gasteiger partial charge in [-0.3, -0.25) is 14.4 Å². The van der Waals surface area contributed by atoms with Crippen LogP contribution >= 0.6 is 0 Å². The molecule has 0 aromatic heterocycles. The first kappa shape index (κ1) is 24.5. The Morgan fingerprint density at radius 1 is 1.06 bits per heavy atom. The van der Waals surface area contributed by atoms with Crippen molar-refractivity contribution >= 4 is 17.4 Å². The zero-order valence-corrected chi connectivity index (χ0v) is 21.1. The van der Waals surface area contributed by atoms with Gasteiger partial charge in [0.05, 0.1) is 17.6 Å². The van der Waals surface area contributed by atoms with Gasteiger partial charge in [0.2, 0.25) is 0 Å². The molecule has 2 aliphatic rings. The Bertz CT molecular complexity index is 906. The van der Waals surface area contributed by atoms with Crippen LogP contribution in [0.5, 0.6) is 0 Å². The third-order valence-corrected chi connectivity index (χ3v) is 6.59. The van der Waals surface area contributed by atoms with Gasteiger partial charge in [-0.05, 0) is 90.8 Å². The van der Waals surface area contributed by atoms with E-state index in [0.717, 1.165) is 35.1 Å². The fourth-order valence-electron chi connectivity index (χ4n) is 4.82. The highest BCUT2D eigenvalue weighted by molar-refractivity contribution is 6.23. The average molecular weight is 442 g/mol. The van der Waals surface area contributed by atoms with E-state index < -0.39 is 11.0 Å². The number of ether oxygens (including phenoxy) is 1. The quantitative estimate of drug-likeness (QED) is 0.522. The molecular weight excluding hydrogens is 402 g/mol. The maximum Gasteiger partial charge on any atom is 0.316 e. The molecule has 1 fully saturated rings. The molecule has 1 amide bonds. The van der Waals surface area contributed by atoms with Gasteiger partial charge >= 0.3 is 5.97 Å². The zero-order chi connectivity index (χ0) is 23.8. The third-order valence-electron chi connectivity index (χ3n) is 6.59. The number of nitrogens with zero attached hydrogens (tertiary/aromatic N) is 1. The molecule has 5 heteroatoms. The highest BCUT2D eigenvalue weighted by Gasteiger charge is 2.51. The molecule has 1 aromatic carbocycles. The third kappa shape index (κ3) is 4.78. The monoisotopic (exact) mass is 441 g/mol. The van der Waals surface area contributed by atoms with Crippen LogP contribution in [0.15, 0.2) is 17.9 Å². The van der Waals surface area contributed by atoms with Crippen LogP contribution in [0.1, 0.15) is 89.0 Å². The van der Waals surface area contributed by atoms with Gasteiger partial charge in [0, 0.05) is 0 Å². The van der Waals surface area contributed by atoms with Crippen LogP contribution in [0, 0.1) is 32.1 Å². The summed E-state index contributed by atoms with van der Waals surface area (Å²) in [6.07, 6.45) is 5.96. The summed E-state index contributed by atoms with van der Waals surface area (Å²) in [4.78, 5) is 32.9. The van der Waals surface area contributed by atoms with Crippen molar-refractivity contribution in [3.8, 4) is 0 Å². The molecule has 1 aromatic rings. The van der Waals surface area contributed by atoms with E-state index in [9.17, 15) is 9.59 Å². The Labute approximate surface area is 193 Å². The summed E-state index contributed by atoms with van der Waals surface area (Å²) in [5.74, 6) is 0.237. The molecule has 0 N–H and O–H groups in total. The fourth-order valence-corrected chi connectivity index (χ4v) is 4.82. The topological polar surface area (TPSA) is 55.8 Å². The molecule has 0 spiro atoms. The highest BCUT2D eigenvalue weighted by atomic mass is 16.7. The van der Waals surface area contributed by atoms with Crippen LogP contribution in [0.25, 0.3) is 5.57 Å². The summed E-state index contributed by atoms with van der Waals surface area (Å²) in [6, 6.07) is 4.12. The predicted octanol–water partition coefficient (Wildman–Crippen LogP) is 6.04. The first-order valence-corrected chi connectivity index (χ1v) is 11.9. The molecular formula is C27H39NO4. The van der Waals surface area contributed by atoms with Crippen LogP contribution in [-0.2, 0) is 19.2 Å². The van der Waals surface area contributed by atoms with Gasteiger partial charge in [-0.2, -0.15) is 0 Å². The number of amides is 1. The number of hydrogen-bond donors (Lipinski definition) is 0. The standard InChI is InChI=1S/C27H39NO4/c1-17-14-18(2)21(19(3)15-17)22-23(32-25(30)26(4,5)6)27(7,8)28(24(22)29)31-16-20-12-10-9-11-13-20/h14-15,20H,9-13,16H2,1-8H3. The van der Waals surface area contributed by atoms with Crippen molar-refractivity contribution in [1.82, 2.24) is 5.06 Å². The van der Waals surface area contributed by atoms with Gasteiger partial charge in [-0.15, -0.1) is 0 Å². The number of hydrogen-bond acceptors (Lipinski definition) is 4. The van der Waals surface area contributed by atoms with Crippen molar-refractivity contribution < 1.29 is 19.2 Å². The predicted molar refractivity (Wildman–Crippen MR) is 127 cm³/mol. The van der Waals surface area contributed by atoms with Crippen LogP contribution in [0.2, 0.25) is 0 Å². The number of carbonyl (C=O) groups is 2. The number of rotatable bonds is 5. The molecule has 0 unspecified atom stereocenters. The van der Waals surface area contributed by atoms with E-state index in [1.165, 1.54) is 24.3 Å². The van der Waals surface area contributed by atoms with Crippen molar-refractivity contribution in [3.05, 3.63) is 40.1 Å². The van der Waals surface area contributed by atoms with Gasteiger partial charge in [0.15, 0.2) is 0 Å². The minimum Gasteiger partial charge on any atom is -0.427 e. The second kappa shape index (κ2) is 9.01. The van der Waals surface area contributed by atoms with Gasteiger partial charge < -0.3 is 4.74 Å². The van der Waals surface area contributed by atoms with E-state index in [0.29, 0.717) is 23.9 Å². The molecule has 176 valence electrons. The van der Waals surface area contributed by atoms with Gasteiger partial charge in [0.25, 0.3) is 5.91 Å². The van der Waals surface area contributed by atoms with E-state index in [4.69, 9.17) is 9.57 Å². The van der Waals surface area contributed by atoms with Crippen molar-refractivity contribution in [2.75, 3.05) is 6.61 Å². The molecule has 1 aliphatic heterocycles. The Morgan fingerprint density at radius 2 is 1.62 bits per heavy atom. The Hall–Kier alpha value is -2.14. The Morgan fingerprint density at radius 3 is 2.16 bits per heavy atom. The van der Waals surface area contributed by atoms with Crippen LogP contribution in [-0.4, -0.2) is 29.1 Å². The average Bonchev–Trinajstić information content (AvgIpc) is 2.85. The molecule has 1 aliphatic carbocycles.